The van der Waals surface area contributed by atoms with Crippen LogP contribution in [-0.2, 0) is 0 Å². The number of pyridine rings is 1. The molecule has 14 heavy (non-hydrogen) atoms. The zero-order chi connectivity index (χ0) is 8.67. The minimum atomic E-state index is 0. The van der Waals surface area contributed by atoms with Crippen molar-refractivity contribution >= 4 is 31.6 Å². The van der Waals surface area contributed by atoms with Crippen LogP contribution in [0.1, 0.15) is 7.43 Å². The highest BCUT2D eigenvalue weighted by Crippen LogP contribution is 2.31. The Balaban J connectivity index is 0.000000750. The maximum absolute atomic E-state index is 4.38. The summed E-state index contributed by atoms with van der Waals surface area (Å²) in [6, 6.07) is 12.5. The van der Waals surface area contributed by atoms with Gasteiger partial charge < -0.3 is 0 Å². The quantitative estimate of drug-likeness (QED) is 0.534. The molecule has 0 saturated heterocycles. The summed E-state index contributed by atoms with van der Waals surface area (Å²) in [5.41, 5.74) is 1.13. The lowest BCUT2D eigenvalue weighted by atomic mass is 10.2. The molecule has 0 radical (unpaired) electrons. The Morgan fingerprint density at radius 1 is 0.929 bits per heavy atom. The first-order valence-corrected chi connectivity index (χ1v) is 4.99. The van der Waals surface area contributed by atoms with Crippen LogP contribution >= 0.6 is 11.3 Å². The molecule has 2 heterocycles. The summed E-state index contributed by atoms with van der Waals surface area (Å²) in [5, 5.41) is 1.27. The fourth-order valence-electron chi connectivity index (χ4n) is 1.54. The minimum Gasteiger partial charge on any atom is -0.255 e. The Hall–Kier alpha value is -1.41. The summed E-state index contributed by atoms with van der Waals surface area (Å²) in [5.74, 6) is 0. The number of fused-ring (bicyclic) bond motifs is 3. The number of benzene rings is 1. The van der Waals surface area contributed by atoms with Gasteiger partial charge in [-0.3, -0.25) is 4.98 Å². The van der Waals surface area contributed by atoms with E-state index >= 15 is 0 Å². The fraction of sp³-hybridized carbons (Fsp3) is 0.0833. The molecule has 0 unspecified atom stereocenters. The van der Waals surface area contributed by atoms with E-state index in [9.17, 15) is 0 Å². The van der Waals surface area contributed by atoms with Crippen LogP contribution in [0.15, 0.2) is 42.6 Å². The summed E-state index contributed by atoms with van der Waals surface area (Å²) in [4.78, 5) is 4.38. The van der Waals surface area contributed by atoms with Crippen LogP contribution in [-0.4, -0.2) is 4.98 Å². The van der Waals surface area contributed by atoms with E-state index in [1.165, 1.54) is 14.8 Å². The van der Waals surface area contributed by atoms with Crippen molar-refractivity contribution in [2.24, 2.45) is 0 Å². The van der Waals surface area contributed by atoms with Crippen molar-refractivity contribution in [1.82, 2.24) is 4.98 Å². The van der Waals surface area contributed by atoms with E-state index in [1.807, 2.05) is 12.3 Å². The van der Waals surface area contributed by atoms with E-state index in [-0.39, 0.29) is 7.43 Å². The van der Waals surface area contributed by atoms with Gasteiger partial charge in [-0.05, 0) is 18.2 Å². The smallest absolute Gasteiger partial charge is 0.0888 e. The number of thiophene rings is 1. The lowest BCUT2D eigenvalue weighted by Gasteiger charge is -1.87. The molecule has 0 N–H and O–H groups in total. The van der Waals surface area contributed by atoms with Crippen LogP contribution < -0.4 is 0 Å². The third kappa shape index (κ3) is 1.19. The van der Waals surface area contributed by atoms with Crippen LogP contribution in [0.25, 0.3) is 20.3 Å². The van der Waals surface area contributed by atoms with Crippen molar-refractivity contribution in [2.45, 2.75) is 7.43 Å². The van der Waals surface area contributed by atoms with Crippen molar-refractivity contribution in [3.63, 3.8) is 0 Å². The number of hydrogen-bond donors (Lipinski definition) is 0. The van der Waals surface area contributed by atoms with Crippen molar-refractivity contribution in [1.29, 1.82) is 0 Å². The van der Waals surface area contributed by atoms with Gasteiger partial charge in [0.1, 0.15) is 0 Å². The molecule has 3 aromatic rings. The highest BCUT2D eigenvalue weighted by atomic mass is 32.1. The average Bonchev–Trinajstić information content (AvgIpc) is 2.56. The molecule has 2 heteroatoms. The highest BCUT2D eigenvalue weighted by molar-refractivity contribution is 7.25. The molecule has 0 aliphatic rings. The Bertz CT molecular complexity index is 518. The van der Waals surface area contributed by atoms with E-state index < -0.39 is 0 Å². The van der Waals surface area contributed by atoms with Crippen LogP contribution in [0.3, 0.4) is 0 Å². The number of hydrogen-bond acceptors (Lipinski definition) is 2. The van der Waals surface area contributed by atoms with E-state index in [4.69, 9.17) is 0 Å². The van der Waals surface area contributed by atoms with Gasteiger partial charge in [0.05, 0.1) is 10.2 Å². The van der Waals surface area contributed by atoms with Gasteiger partial charge in [0, 0.05) is 16.3 Å². The molecule has 0 aliphatic carbocycles. The first-order valence-electron chi connectivity index (χ1n) is 4.17. The summed E-state index contributed by atoms with van der Waals surface area (Å²) in [7, 11) is 0. The third-order valence-electron chi connectivity index (χ3n) is 2.13. The van der Waals surface area contributed by atoms with Gasteiger partial charge >= 0.3 is 0 Å². The predicted octanol–water partition coefficient (Wildman–Crippen LogP) is 4.09. The summed E-state index contributed by atoms with van der Waals surface area (Å²) in [6.07, 6.45) is 1.85. The molecule has 0 amide bonds. The molecule has 0 bridgehead atoms. The second-order valence-electron chi connectivity index (χ2n) is 2.95. The second-order valence-corrected chi connectivity index (χ2v) is 4.03. The van der Waals surface area contributed by atoms with Crippen LogP contribution in [0, 0.1) is 0 Å². The maximum Gasteiger partial charge on any atom is 0.0888 e. The van der Waals surface area contributed by atoms with E-state index in [0.717, 1.165) is 5.52 Å². The van der Waals surface area contributed by atoms with Crippen LogP contribution in [0.2, 0.25) is 0 Å². The molecular formula is C12H11NS. The molecule has 0 aliphatic heterocycles. The molecule has 70 valence electrons. The van der Waals surface area contributed by atoms with Gasteiger partial charge in [0.25, 0.3) is 0 Å². The first kappa shape index (κ1) is 9.16. The van der Waals surface area contributed by atoms with Crippen LogP contribution in [0.4, 0.5) is 0 Å². The Morgan fingerprint density at radius 2 is 1.71 bits per heavy atom. The van der Waals surface area contributed by atoms with Gasteiger partial charge in [0.15, 0.2) is 0 Å². The molecular weight excluding hydrogens is 190 g/mol. The number of nitrogens with zero attached hydrogens (tertiary/aromatic N) is 1. The normalized spacial score (nSPS) is 10.3. The van der Waals surface area contributed by atoms with E-state index in [1.54, 1.807) is 11.3 Å². The topological polar surface area (TPSA) is 12.9 Å². The van der Waals surface area contributed by atoms with Gasteiger partial charge in [-0.2, -0.15) is 0 Å². The Kier molecular flexibility index (Phi) is 2.22. The van der Waals surface area contributed by atoms with Gasteiger partial charge in [-0.1, -0.05) is 25.6 Å². The average molecular weight is 201 g/mol. The first-order chi connectivity index (χ1) is 6.45. The fourth-order valence-corrected chi connectivity index (χ4v) is 2.61. The van der Waals surface area contributed by atoms with Crippen molar-refractivity contribution in [2.75, 3.05) is 0 Å². The molecule has 1 nitrogen and oxygen atoms in total. The molecule has 0 fully saturated rings. The lowest BCUT2D eigenvalue weighted by molar-refractivity contribution is 1.44. The second kappa shape index (κ2) is 3.39. The standard InChI is InChI=1S/C11H7NS.CH4/c1-2-5-9-8(4-1)11-10(13-9)6-3-7-12-11;/h1-7H;1H4. The van der Waals surface area contributed by atoms with E-state index in [2.05, 4.69) is 35.3 Å². The number of rotatable bonds is 0. The van der Waals surface area contributed by atoms with Gasteiger partial charge in [-0.25, -0.2) is 0 Å². The van der Waals surface area contributed by atoms with Crippen LogP contribution in [0.5, 0.6) is 0 Å². The van der Waals surface area contributed by atoms with Crippen molar-refractivity contribution in [3.05, 3.63) is 42.6 Å². The molecule has 3 rings (SSSR count). The maximum atomic E-state index is 4.38. The zero-order valence-electron chi connectivity index (χ0n) is 6.90. The largest absolute Gasteiger partial charge is 0.255 e. The number of aromatic nitrogens is 1. The molecule has 0 spiro atoms. The van der Waals surface area contributed by atoms with Gasteiger partial charge in [0.2, 0.25) is 0 Å². The zero-order valence-corrected chi connectivity index (χ0v) is 7.71. The summed E-state index contributed by atoms with van der Waals surface area (Å²) >= 11 is 1.80. The monoisotopic (exact) mass is 201 g/mol. The SMILES string of the molecule is C.c1ccc2c(c1)sc1cccnc12. The minimum absolute atomic E-state index is 0. The van der Waals surface area contributed by atoms with Crippen molar-refractivity contribution in [3.8, 4) is 0 Å². The summed E-state index contributed by atoms with van der Waals surface area (Å²) in [6.45, 7) is 0. The molecule has 0 saturated carbocycles. The Labute approximate surface area is 87.0 Å². The molecule has 1 aromatic carbocycles. The predicted molar refractivity (Wildman–Crippen MR) is 63.9 cm³/mol. The Morgan fingerprint density at radius 3 is 2.64 bits per heavy atom. The van der Waals surface area contributed by atoms with Gasteiger partial charge in [-0.15, -0.1) is 11.3 Å². The third-order valence-corrected chi connectivity index (χ3v) is 3.26. The molecule has 0 atom stereocenters. The molecule has 2 aromatic heterocycles. The lowest BCUT2D eigenvalue weighted by Crippen LogP contribution is -1.69. The highest BCUT2D eigenvalue weighted by Gasteiger charge is 2.02. The van der Waals surface area contributed by atoms with E-state index in [0.29, 0.717) is 0 Å². The van der Waals surface area contributed by atoms with Crippen molar-refractivity contribution < 1.29 is 0 Å². The summed E-state index contributed by atoms with van der Waals surface area (Å²) < 4.78 is 2.58.